The van der Waals surface area contributed by atoms with E-state index in [1.807, 2.05) is 0 Å². The third-order valence-electron chi connectivity index (χ3n) is 4.49. The van der Waals surface area contributed by atoms with Gasteiger partial charge in [-0.2, -0.15) is 0 Å². The summed E-state index contributed by atoms with van der Waals surface area (Å²) < 4.78 is 0. The molecule has 0 spiro atoms. The van der Waals surface area contributed by atoms with Crippen molar-refractivity contribution in [2.45, 2.75) is 64.8 Å². The maximum absolute atomic E-state index is 2.71. The van der Waals surface area contributed by atoms with Crippen molar-refractivity contribution >= 4 is 0 Å². The Kier molecular flexibility index (Phi) is 3.39. The van der Waals surface area contributed by atoms with Gasteiger partial charge in [-0.15, -0.1) is 0 Å². The molecule has 1 saturated heterocycles. The normalized spacial score (nSPS) is 34.6. The Balaban J connectivity index is 1.97. The van der Waals surface area contributed by atoms with Gasteiger partial charge in [-0.25, -0.2) is 0 Å². The average molecular weight is 209 g/mol. The van der Waals surface area contributed by atoms with Crippen LogP contribution in [-0.4, -0.2) is 23.5 Å². The van der Waals surface area contributed by atoms with Gasteiger partial charge in [0.2, 0.25) is 0 Å². The molecule has 2 aliphatic rings. The molecular weight excluding hydrogens is 182 g/mol. The van der Waals surface area contributed by atoms with Gasteiger partial charge in [-0.1, -0.05) is 25.7 Å². The number of piperidine rings is 1. The number of hydrogen-bond acceptors (Lipinski definition) is 1. The molecule has 0 radical (unpaired) electrons. The lowest BCUT2D eigenvalue weighted by atomic mass is 9.80. The van der Waals surface area contributed by atoms with E-state index in [2.05, 4.69) is 25.7 Å². The minimum absolute atomic E-state index is 0.386. The van der Waals surface area contributed by atoms with Crippen molar-refractivity contribution in [2.24, 2.45) is 11.8 Å². The molecule has 0 aromatic heterocycles. The highest BCUT2D eigenvalue weighted by Gasteiger charge is 2.33. The zero-order chi connectivity index (χ0) is 10.9. The Bertz CT molecular complexity index is 204. The molecule has 2 rings (SSSR count). The molecule has 1 nitrogen and oxygen atoms in total. The third-order valence-corrected chi connectivity index (χ3v) is 4.49. The molecule has 1 aliphatic heterocycles. The van der Waals surface area contributed by atoms with E-state index in [0.717, 1.165) is 11.8 Å². The summed E-state index contributed by atoms with van der Waals surface area (Å²) in [6.45, 7) is 9.80. The van der Waals surface area contributed by atoms with Crippen LogP contribution < -0.4 is 0 Å². The van der Waals surface area contributed by atoms with Crippen LogP contribution in [-0.2, 0) is 0 Å². The molecule has 0 aromatic rings. The number of nitrogens with zero attached hydrogens (tertiary/aromatic N) is 1. The molecule has 0 bridgehead atoms. The number of rotatable bonds is 0. The lowest BCUT2D eigenvalue weighted by Crippen LogP contribution is -2.49. The second-order valence-electron chi connectivity index (χ2n) is 6.56. The molecule has 2 fully saturated rings. The van der Waals surface area contributed by atoms with Gasteiger partial charge < -0.3 is 0 Å². The fourth-order valence-electron chi connectivity index (χ4n) is 3.39. The molecule has 1 heterocycles. The molecule has 0 unspecified atom stereocenters. The van der Waals surface area contributed by atoms with Crippen LogP contribution in [0.4, 0.5) is 0 Å². The lowest BCUT2D eigenvalue weighted by Gasteiger charge is -2.44. The minimum atomic E-state index is 0.386. The van der Waals surface area contributed by atoms with Crippen molar-refractivity contribution in [3.63, 3.8) is 0 Å². The molecule has 15 heavy (non-hydrogen) atoms. The third kappa shape index (κ3) is 2.75. The molecular formula is C14H27N. The predicted octanol–water partition coefficient (Wildman–Crippen LogP) is 3.69. The maximum Gasteiger partial charge on any atom is 0.0125 e. The van der Waals surface area contributed by atoms with Crippen LogP contribution in [0.25, 0.3) is 0 Å². The largest absolute Gasteiger partial charge is 0.298 e. The van der Waals surface area contributed by atoms with E-state index in [1.165, 1.54) is 51.6 Å². The summed E-state index contributed by atoms with van der Waals surface area (Å²) >= 11 is 0. The summed E-state index contributed by atoms with van der Waals surface area (Å²) in [7, 11) is 0. The van der Waals surface area contributed by atoms with Gasteiger partial charge in [0, 0.05) is 12.1 Å². The lowest BCUT2D eigenvalue weighted by molar-refractivity contribution is 0.0438. The second-order valence-corrected chi connectivity index (χ2v) is 6.56. The van der Waals surface area contributed by atoms with E-state index in [0.29, 0.717) is 5.54 Å². The average Bonchev–Trinajstić information content (AvgIpc) is 2.39. The zero-order valence-corrected chi connectivity index (χ0v) is 10.8. The minimum Gasteiger partial charge on any atom is -0.298 e. The smallest absolute Gasteiger partial charge is 0.0125 e. The van der Waals surface area contributed by atoms with Crippen LogP contribution in [0.2, 0.25) is 0 Å². The quantitative estimate of drug-likeness (QED) is 0.588. The number of likely N-dealkylation sites (tertiary alicyclic amines) is 1. The Morgan fingerprint density at radius 2 is 1.53 bits per heavy atom. The first-order chi connectivity index (χ1) is 7.07. The summed E-state index contributed by atoms with van der Waals surface area (Å²) in [5.41, 5.74) is 0.386. The van der Waals surface area contributed by atoms with Crippen LogP contribution in [0.15, 0.2) is 0 Å². The van der Waals surface area contributed by atoms with E-state index in [4.69, 9.17) is 0 Å². The fraction of sp³-hybridized carbons (Fsp3) is 1.00. The molecule has 0 amide bonds. The SMILES string of the molecule is CC(C)(C)N1CC[C@H]2CCCCC[C@@H]2C1. The van der Waals surface area contributed by atoms with Crippen molar-refractivity contribution in [3.8, 4) is 0 Å². The first-order valence-electron chi connectivity index (χ1n) is 6.82. The van der Waals surface area contributed by atoms with Gasteiger partial charge in [0.1, 0.15) is 0 Å². The summed E-state index contributed by atoms with van der Waals surface area (Å²) in [5.74, 6) is 2.08. The van der Waals surface area contributed by atoms with Gasteiger partial charge in [-0.3, -0.25) is 4.90 Å². The Hall–Kier alpha value is -0.0400. The van der Waals surface area contributed by atoms with Gasteiger partial charge in [0.05, 0.1) is 0 Å². The topological polar surface area (TPSA) is 3.24 Å². The van der Waals surface area contributed by atoms with E-state index in [1.54, 1.807) is 0 Å². The monoisotopic (exact) mass is 209 g/mol. The van der Waals surface area contributed by atoms with Crippen LogP contribution in [0.1, 0.15) is 59.3 Å². The molecule has 1 aliphatic carbocycles. The van der Waals surface area contributed by atoms with Crippen LogP contribution >= 0.6 is 0 Å². The summed E-state index contributed by atoms with van der Waals surface area (Å²) in [5, 5.41) is 0. The molecule has 0 N–H and O–H groups in total. The summed E-state index contributed by atoms with van der Waals surface area (Å²) in [6, 6.07) is 0. The summed E-state index contributed by atoms with van der Waals surface area (Å²) in [4.78, 5) is 2.71. The Morgan fingerprint density at radius 1 is 0.867 bits per heavy atom. The molecule has 0 aromatic carbocycles. The second kappa shape index (κ2) is 4.45. The van der Waals surface area contributed by atoms with Crippen molar-refractivity contribution < 1.29 is 0 Å². The van der Waals surface area contributed by atoms with Crippen LogP contribution in [0.3, 0.4) is 0 Å². The first-order valence-corrected chi connectivity index (χ1v) is 6.82. The highest BCUT2D eigenvalue weighted by atomic mass is 15.2. The standard InChI is InChI=1S/C14H27N/c1-14(2,3)15-10-9-12-7-5-4-6-8-13(12)11-15/h12-13H,4-11H2,1-3H3/t12-,13-/m1/s1. The predicted molar refractivity (Wildman–Crippen MR) is 66.0 cm³/mol. The highest BCUT2D eigenvalue weighted by molar-refractivity contribution is 4.87. The zero-order valence-electron chi connectivity index (χ0n) is 10.8. The van der Waals surface area contributed by atoms with E-state index in [9.17, 15) is 0 Å². The fourth-order valence-corrected chi connectivity index (χ4v) is 3.39. The van der Waals surface area contributed by atoms with E-state index >= 15 is 0 Å². The molecule has 88 valence electrons. The van der Waals surface area contributed by atoms with Crippen molar-refractivity contribution in [3.05, 3.63) is 0 Å². The first kappa shape index (κ1) is 11.4. The van der Waals surface area contributed by atoms with Gasteiger partial charge in [0.25, 0.3) is 0 Å². The molecule has 2 atom stereocenters. The van der Waals surface area contributed by atoms with Gasteiger partial charge in [0.15, 0.2) is 0 Å². The van der Waals surface area contributed by atoms with Crippen molar-refractivity contribution in [2.75, 3.05) is 13.1 Å². The molecule has 1 saturated carbocycles. The van der Waals surface area contributed by atoms with Gasteiger partial charge in [-0.05, 0) is 52.0 Å². The highest BCUT2D eigenvalue weighted by Crippen LogP contribution is 2.36. The van der Waals surface area contributed by atoms with E-state index < -0.39 is 0 Å². The number of hydrogen-bond donors (Lipinski definition) is 0. The van der Waals surface area contributed by atoms with Crippen LogP contribution in [0.5, 0.6) is 0 Å². The maximum atomic E-state index is 2.71. The van der Waals surface area contributed by atoms with Crippen molar-refractivity contribution in [1.82, 2.24) is 4.90 Å². The van der Waals surface area contributed by atoms with Gasteiger partial charge >= 0.3 is 0 Å². The van der Waals surface area contributed by atoms with Crippen LogP contribution in [0, 0.1) is 11.8 Å². The summed E-state index contributed by atoms with van der Waals surface area (Å²) in [6.07, 6.45) is 8.94. The Labute approximate surface area is 95.2 Å². The Morgan fingerprint density at radius 3 is 2.20 bits per heavy atom. The number of fused-ring (bicyclic) bond motifs is 1. The van der Waals surface area contributed by atoms with Crippen molar-refractivity contribution in [1.29, 1.82) is 0 Å². The molecule has 1 heteroatoms. The van der Waals surface area contributed by atoms with E-state index in [-0.39, 0.29) is 0 Å².